The molecule has 0 N–H and O–H groups in total. The van der Waals surface area contributed by atoms with Gasteiger partial charge in [0.05, 0.1) is 26.1 Å². The molecule has 1 heterocycles. The fraction of sp³-hybridized carbons (Fsp3) is 0.400. The molecule has 0 aromatic heterocycles. The molecule has 28 heavy (non-hydrogen) atoms. The maximum absolute atomic E-state index is 12.3. The van der Waals surface area contributed by atoms with Crippen molar-refractivity contribution in [3.8, 4) is 11.5 Å². The Morgan fingerprint density at radius 2 is 1.61 bits per heavy atom. The molecule has 1 saturated heterocycles. The lowest BCUT2D eigenvalue weighted by molar-refractivity contribution is -0.152. The summed E-state index contributed by atoms with van der Waals surface area (Å²) in [5.74, 6) is -1.92. The van der Waals surface area contributed by atoms with Gasteiger partial charge in [-0.1, -0.05) is 12.2 Å². The summed E-state index contributed by atoms with van der Waals surface area (Å²) in [5.41, 5.74) is 0.288. The first-order chi connectivity index (χ1) is 13.5. The number of carbonyl (C=O) groups is 4. The molecular formula is C20H21NO7. The number of nitrogens with zero attached hydrogens (tertiary/aromatic N) is 1. The number of likely N-dealkylation sites (tertiary alicyclic amines) is 1. The van der Waals surface area contributed by atoms with Crippen LogP contribution in [0.5, 0.6) is 11.5 Å². The van der Waals surface area contributed by atoms with Gasteiger partial charge >= 0.3 is 5.97 Å². The molecule has 0 spiro atoms. The number of ketones is 1. The third kappa shape index (κ3) is 3.76. The van der Waals surface area contributed by atoms with Crippen LogP contribution in [0.4, 0.5) is 0 Å². The second kappa shape index (κ2) is 8.24. The van der Waals surface area contributed by atoms with Crippen molar-refractivity contribution in [2.24, 2.45) is 11.8 Å². The summed E-state index contributed by atoms with van der Waals surface area (Å²) >= 11 is 0. The number of Topliss-reactive ketones (excluding diaryl/α,β-unsaturated/α-hetero) is 1. The van der Waals surface area contributed by atoms with E-state index in [9.17, 15) is 19.2 Å². The van der Waals surface area contributed by atoms with Gasteiger partial charge in [-0.3, -0.25) is 24.1 Å². The molecule has 148 valence electrons. The van der Waals surface area contributed by atoms with Crippen LogP contribution in [-0.4, -0.2) is 55.8 Å². The van der Waals surface area contributed by atoms with Crippen LogP contribution in [0.2, 0.25) is 0 Å². The fourth-order valence-electron chi connectivity index (χ4n) is 3.44. The van der Waals surface area contributed by atoms with Crippen molar-refractivity contribution >= 4 is 23.6 Å². The van der Waals surface area contributed by atoms with Gasteiger partial charge in [-0.05, 0) is 31.0 Å². The average molecular weight is 387 g/mol. The predicted octanol–water partition coefficient (Wildman–Crippen LogP) is 1.38. The Kier molecular flexibility index (Phi) is 5.77. The molecule has 8 heteroatoms. The molecule has 2 atom stereocenters. The molecule has 0 unspecified atom stereocenters. The Bertz CT molecular complexity index is 819. The highest BCUT2D eigenvalue weighted by Crippen LogP contribution is 2.34. The van der Waals surface area contributed by atoms with Crippen molar-refractivity contribution in [1.29, 1.82) is 0 Å². The molecular weight excluding hydrogens is 366 g/mol. The van der Waals surface area contributed by atoms with E-state index < -0.39 is 36.7 Å². The number of ether oxygens (including phenoxy) is 3. The van der Waals surface area contributed by atoms with Crippen molar-refractivity contribution in [2.45, 2.75) is 12.8 Å². The highest BCUT2D eigenvalue weighted by Gasteiger charge is 2.47. The fourth-order valence-corrected chi connectivity index (χ4v) is 3.44. The van der Waals surface area contributed by atoms with E-state index in [4.69, 9.17) is 14.2 Å². The molecule has 1 aliphatic carbocycles. The average Bonchev–Trinajstić information content (AvgIpc) is 2.96. The summed E-state index contributed by atoms with van der Waals surface area (Å²) in [6.45, 7) is -0.983. The lowest BCUT2D eigenvalue weighted by Crippen LogP contribution is -2.37. The zero-order valence-corrected chi connectivity index (χ0v) is 15.7. The Morgan fingerprint density at radius 3 is 2.18 bits per heavy atom. The molecule has 0 saturated carbocycles. The Hall–Kier alpha value is -3.16. The van der Waals surface area contributed by atoms with Gasteiger partial charge in [0, 0.05) is 5.56 Å². The van der Waals surface area contributed by atoms with Gasteiger partial charge in [-0.25, -0.2) is 0 Å². The summed E-state index contributed by atoms with van der Waals surface area (Å²) in [7, 11) is 2.93. The largest absolute Gasteiger partial charge is 0.493 e. The number of fused-ring (bicyclic) bond motifs is 1. The monoisotopic (exact) mass is 387 g/mol. The SMILES string of the molecule is COc1ccc(C(=O)COC(=O)CN2C(=O)[C@@H]3CC=CC[C@H]3C2=O)cc1OC. The predicted molar refractivity (Wildman–Crippen MR) is 96.9 cm³/mol. The van der Waals surface area contributed by atoms with E-state index >= 15 is 0 Å². The standard InChI is InChI=1S/C20H21NO7/c1-26-16-8-7-12(9-17(16)27-2)15(22)11-28-18(23)10-21-19(24)13-5-3-4-6-14(13)20(21)25/h3-4,7-9,13-14H,5-6,10-11H2,1-2H3/t13-,14-/m1/s1. The Morgan fingerprint density at radius 1 is 1.00 bits per heavy atom. The minimum Gasteiger partial charge on any atom is -0.493 e. The van der Waals surface area contributed by atoms with E-state index in [1.54, 1.807) is 6.07 Å². The van der Waals surface area contributed by atoms with E-state index in [1.165, 1.54) is 26.4 Å². The van der Waals surface area contributed by atoms with E-state index in [0.29, 0.717) is 24.3 Å². The molecule has 0 radical (unpaired) electrons. The molecule has 1 aromatic rings. The van der Waals surface area contributed by atoms with E-state index in [2.05, 4.69) is 0 Å². The van der Waals surface area contributed by atoms with Gasteiger partial charge in [0.25, 0.3) is 0 Å². The molecule has 0 bridgehead atoms. The smallest absolute Gasteiger partial charge is 0.326 e. The van der Waals surface area contributed by atoms with Crippen molar-refractivity contribution in [2.75, 3.05) is 27.4 Å². The Labute approximate surface area is 162 Å². The number of carbonyl (C=O) groups excluding carboxylic acids is 4. The molecule has 1 aliphatic heterocycles. The van der Waals surface area contributed by atoms with Gasteiger partial charge < -0.3 is 14.2 Å². The summed E-state index contributed by atoms with van der Waals surface area (Å²) in [4.78, 5) is 50.0. The van der Waals surface area contributed by atoms with Crippen LogP contribution in [-0.2, 0) is 19.1 Å². The van der Waals surface area contributed by atoms with Crippen LogP contribution in [0.3, 0.4) is 0 Å². The first-order valence-corrected chi connectivity index (χ1v) is 8.87. The zero-order valence-electron chi connectivity index (χ0n) is 15.7. The minimum absolute atomic E-state index is 0.288. The van der Waals surface area contributed by atoms with Gasteiger partial charge in [-0.2, -0.15) is 0 Å². The summed E-state index contributed by atoms with van der Waals surface area (Å²) in [5, 5.41) is 0. The normalized spacial score (nSPS) is 20.7. The number of esters is 1. The third-order valence-corrected chi connectivity index (χ3v) is 4.96. The number of hydrogen-bond acceptors (Lipinski definition) is 7. The van der Waals surface area contributed by atoms with E-state index in [1.807, 2.05) is 12.2 Å². The third-order valence-electron chi connectivity index (χ3n) is 4.96. The second-order valence-corrected chi connectivity index (χ2v) is 6.57. The lowest BCUT2D eigenvalue weighted by atomic mass is 9.85. The molecule has 8 nitrogen and oxygen atoms in total. The second-order valence-electron chi connectivity index (χ2n) is 6.57. The number of imide groups is 1. The summed E-state index contributed by atoms with van der Waals surface area (Å²) in [6, 6.07) is 4.59. The van der Waals surface area contributed by atoms with Crippen LogP contribution in [0, 0.1) is 11.8 Å². The van der Waals surface area contributed by atoms with Crippen molar-refractivity contribution in [3.63, 3.8) is 0 Å². The van der Waals surface area contributed by atoms with Crippen LogP contribution >= 0.6 is 0 Å². The topological polar surface area (TPSA) is 99.2 Å². The first kappa shape index (κ1) is 19.6. The molecule has 2 amide bonds. The highest BCUT2D eigenvalue weighted by atomic mass is 16.5. The van der Waals surface area contributed by atoms with Crippen molar-refractivity contribution in [1.82, 2.24) is 4.90 Å². The molecule has 1 fully saturated rings. The molecule has 1 aromatic carbocycles. The highest BCUT2D eigenvalue weighted by molar-refractivity contribution is 6.07. The van der Waals surface area contributed by atoms with Crippen LogP contribution in [0.1, 0.15) is 23.2 Å². The number of allylic oxidation sites excluding steroid dienone is 2. The van der Waals surface area contributed by atoms with Crippen molar-refractivity contribution < 1.29 is 33.4 Å². The van der Waals surface area contributed by atoms with E-state index in [0.717, 1.165) is 4.90 Å². The maximum atomic E-state index is 12.3. The molecule has 3 rings (SSSR count). The van der Waals surface area contributed by atoms with Crippen LogP contribution in [0.15, 0.2) is 30.4 Å². The molecule has 2 aliphatic rings. The number of hydrogen-bond donors (Lipinski definition) is 0. The van der Waals surface area contributed by atoms with Gasteiger partial charge in [0.2, 0.25) is 11.8 Å². The maximum Gasteiger partial charge on any atom is 0.326 e. The quantitative estimate of drug-likeness (QED) is 0.302. The van der Waals surface area contributed by atoms with Crippen LogP contribution in [0.25, 0.3) is 0 Å². The number of methoxy groups -OCH3 is 2. The number of amides is 2. The zero-order chi connectivity index (χ0) is 20.3. The number of rotatable bonds is 7. The van der Waals surface area contributed by atoms with Crippen LogP contribution < -0.4 is 9.47 Å². The van der Waals surface area contributed by atoms with Gasteiger partial charge in [0.1, 0.15) is 6.54 Å². The summed E-state index contributed by atoms with van der Waals surface area (Å²) in [6.07, 6.45) is 4.74. The summed E-state index contributed by atoms with van der Waals surface area (Å²) < 4.78 is 15.2. The Balaban J connectivity index is 1.56. The number of benzene rings is 1. The first-order valence-electron chi connectivity index (χ1n) is 8.87. The van der Waals surface area contributed by atoms with Gasteiger partial charge in [0.15, 0.2) is 23.9 Å². The lowest BCUT2D eigenvalue weighted by Gasteiger charge is -2.14. The minimum atomic E-state index is -0.804. The van der Waals surface area contributed by atoms with E-state index in [-0.39, 0.29) is 17.4 Å². The van der Waals surface area contributed by atoms with Gasteiger partial charge in [-0.15, -0.1) is 0 Å². The van der Waals surface area contributed by atoms with Crippen molar-refractivity contribution in [3.05, 3.63) is 35.9 Å².